The summed E-state index contributed by atoms with van der Waals surface area (Å²) in [5.74, 6) is 1.28. The van der Waals surface area contributed by atoms with Gasteiger partial charge in [-0.1, -0.05) is 17.7 Å². The molecule has 0 bridgehead atoms. The van der Waals surface area contributed by atoms with Crippen LogP contribution >= 0.6 is 11.6 Å². The minimum absolute atomic E-state index is 0.377. The zero-order valence-corrected chi connectivity index (χ0v) is 14.1. The molecule has 0 unspecified atom stereocenters. The summed E-state index contributed by atoms with van der Waals surface area (Å²) in [6.45, 7) is 5.24. The SMILES string of the molecule is Cc1cc(C)cc(NC(N)=NCc2cc(Cl)cc3c2OCC3)c1. The van der Waals surface area contributed by atoms with Crippen LogP contribution in [0.4, 0.5) is 5.69 Å². The molecule has 23 heavy (non-hydrogen) atoms. The summed E-state index contributed by atoms with van der Waals surface area (Å²) in [6, 6.07) is 10.0. The van der Waals surface area contributed by atoms with Crippen molar-refractivity contribution < 1.29 is 4.74 Å². The Morgan fingerprint density at radius 3 is 2.70 bits per heavy atom. The van der Waals surface area contributed by atoms with E-state index >= 15 is 0 Å². The number of hydrogen-bond acceptors (Lipinski definition) is 2. The van der Waals surface area contributed by atoms with Gasteiger partial charge in [-0.05, 0) is 54.8 Å². The fourth-order valence-corrected chi connectivity index (χ4v) is 3.13. The van der Waals surface area contributed by atoms with Crippen molar-refractivity contribution in [1.82, 2.24) is 0 Å². The average Bonchev–Trinajstić information content (AvgIpc) is 2.91. The van der Waals surface area contributed by atoms with Crippen molar-refractivity contribution in [3.8, 4) is 5.75 Å². The highest BCUT2D eigenvalue weighted by molar-refractivity contribution is 6.30. The molecule has 3 rings (SSSR count). The number of rotatable bonds is 3. The van der Waals surface area contributed by atoms with Gasteiger partial charge in [-0.25, -0.2) is 4.99 Å². The Kier molecular flexibility index (Phi) is 4.44. The van der Waals surface area contributed by atoms with Gasteiger partial charge in [0.05, 0.1) is 13.2 Å². The lowest BCUT2D eigenvalue weighted by Gasteiger charge is -2.10. The summed E-state index contributed by atoms with van der Waals surface area (Å²) in [7, 11) is 0. The maximum atomic E-state index is 6.16. The molecule has 1 aliphatic heterocycles. The predicted octanol–water partition coefficient (Wildman–Crippen LogP) is 3.82. The van der Waals surface area contributed by atoms with E-state index in [2.05, 4.69) is 30.2 Å². The molecule has 0 fully saturated rings. The first-order valence-corrected chi connectivity index (χ1v) is 7.98. The van der Waals surface area contributed by atoms with Crippen LogP contribution in [0.1, 0.15) is 22.3 Å². The van der Waals surface area contributed by atoms with Crippen LogP contribution in [0.25, 0.3) is 0 Å². The number of nitrogens with two attached hydrogens (primary N) is 1. The zero-order valence-electron chi connectivity index (χ0n) is 13.3. The Labute approximate surface area is 141 Å². The highest BCUT2D eigenvalue weighted by atomic mass is 35.5. The third-order valence-electron chi connectivity index (χ3n) is 3.74. The van der Waals surface area contributed by atoms with Crippen LogP contribution in [0.3, 0.4) is 0 Å². The van der Waals surface area contributed by atoms with Gasteiger partial charge in [0.15, 0.2) is 5.96 Å². The lowest BCUT2D eigenvalue weighted by atomic mass is 10.1. The molecular formula is C18H20ClN3O. The number of guanidine groups is 1. The van der Waals surface area contributed by atoms with Crippen LogP contribution in [-0.2, 0) is 13.0 Å². The van der Waals surface area contributed by atoms with Crippen molar-refractivity contribution in [1.29, 1.82) is 0 Å². The molecule has 0 saturated heterocycles. The predicted molar refractivity (Wildman–Crippen MR) is 95.5 cm³/mol. The summed E-state index contributed by atoms with van der Waals surface area (Å²) in [5.41, 5.74) is 11.4. The molecular weight excluding hydrogens is 310 g/mol. The van der Waals surface area contributed by atoms with Crippen LogP contribution in [-0.4, -0.2) is 12.6 Å². The molecule has 0 amide bonds. The number of nitrogens with zero attached hydrogens (tertiary/aromatic N) is 1. The molecule has 1 heterocycles. The largest absolute Gasteiger partial charge is 0.493 e. The molecule has 120 valence electrons. The molecule has 0 spiro atoms. The number of benzene rings is 2. The second-order valence-corrected chi connectivity index (χ2v) is 6.29. The number of hydrogen-bond donors (Lipinski definition) is 2. The van der Waals surface area contributed by atoms with Crippen LogP contribution < -0.4 is 15.8 Å². The fraction of sp³-hybridized carbons (Fsp3) is 0.278. The van der Waals surface area contributed by atoms with Crippen LogP contribution in [0.2, 0.25) is 5.02 Å². The quantitative estimate of drug-likeness (QED) is 0.664. The average molecular weight is 330 g/mol. The monoisotopic (exact) mass is 329 g/mol. The van der Waals surface area contributed by atoms with Gasteiger partial charge >= 0.3 is 0 Å². The number of halogens is 1. The number of ether oxygens (including phenoxy) is 1. The van der Waals surface area contributed by atoms with E-state index in [1.165, 1.54) is 11.1 Å². The molecule has 4 nitrogen and oxygen atoms in total. The van der Waals surface area contributed by atoms with Crippen molar-refractivity contribution in [2.24, 2.45) is 10.7 Å². The molecule has 2 aromatic carbocycles. The van der Waals surface area contributed by atoms with Crippen LogP contribution in [0.15, 0.2) is 35.3 Å². The Bertz CT molecular complexity index is 751. The van der Waals surface area contributed by atoms with Gasteiger partial charge in [0.2, 0.25) is 0 Å². The highest BCUT2D eigenvalue weighted by Crippen LogP contribution is 2.33. The third-order valence-corrected chi connectivity index (χ3v) is 3.96. The Morgan fingerprint density at radius 2 is 1.96 bits per heavy atom. The molecule has 0 atom stereocenters. The van der Waals surface area contributed by atoms with E-state index < -0.39 is 0 Å². The lowest BCUT2D eigenvalue weighted by Crippen LogP contribution is -2.22. The minimum Gasteiger partial charge on any atom is -0.493 e. The smallest absolute Gasteiger partial charge is 0.193 e. The summed E-state index contributed by atoms with van der Waals surface area (Å²) in [6.07, 6.45) is 0.892. The van der Waals surface area contributed by atoms with Crippen molar-refractivity contribution in [2.45, 2.75) is 26.8 Å². The van der Waals surface area contributed by atoms with Gasteiger partial charge in [0.1, 0.15) is 5.75 Å². The Balaban J connectivity index is 1.75. The molecule has 0 aromatic heterocycles. The van der Waals surface area contributed by atoms with Crippen molar-refractivity contribution in [2.75, 3.05) is 11.9 Å². The molecule has 0 saturated carbocycles. The van der Waals surface area contributed by atoms with E-state index in [0.717, 1.165) is 29.0 Å². The maximum Gasteiger partial charge on any atom is 0.193 e. The number of fused-ring (bicyclic) bond motifs is 1. The van der Waals surface area contributed by atoms with E-state index in [0.29, 0.717) is 24.1 Å². The first-order valence-electron chi connectivity index (χ1n) is 7.60. The normalized spacial score (nSPS) is 13.6. The van der Waals surface area contributed by atoms with Gasteiger partial charge < -0.3 is 15.8 Å². The van der Waals surface area contributed by atoms with E-state index in [4.69, 9.17) is 22.1 Å². The van der Waals surface area contributed by atoms with Gasteiger partial charge in [0, 0.05) is 22.7 Å². The van der Waals surface area contributed by atoms with Gasteiger partial charge in [-0.2, -0.15) is 0 Å². The summed E-state index contributed by atoms with van der Waals surface area (Å²) in [4.78, 5) is 4.41. The van der Waals surface area contributed by atoms with Crippen LogP contribution in [0, 0.1) is 13.8 Å². The fourth-order valence-electron chi connectivity index (χ4n) is 2.87. The van der Waals surface area contributed by atoms with E-state index in [1.54, 1.807) is 0 Å². The first-order chi connectivity index (χ1) is 11.0. The maximum absolute atomic E-state index is 6.16. The molecule has 1 aliphatic rings. The van der Waals surface area contributed by atoms with E-state index in [1.807, 2.05) is 24.3 Å². The van der Waals surface area contributed by atoms with Crippen molar-refractivity contribution in [3.63, 3.8) is 0 Å². The second-order valence-electron chi connectivity index (χ2n) is 5.85. The highest BCUT2D eigenvalue weighted by Gasteiger charge is 2.17. The van der Waals surface area contributed by atoms with Gasteiger partial charge in [-0.15, -0.1) is 0 Å². The molecule has 3 N–H and O–H groups in total. The third kappa shape index (κ3) is 3.77. The van der Waals surface area contributed by atoms with E-state index in [9.17, 15) is 0 Å². The first kappa shape index (κ1) is 15.7. The molecule has 0 aliphatic carbocycles. The zero-order chi connectivity index (χ0) is 16.4. The molecule has 5 heteroatoms. The van der Waals surface area contributed by atoms with Crippen molar-refractivity contribution >= 4 is 23.2 Å². The second kappa shape index (κ2) is 6.50. The lowest BCUT2D eigenvalue weighted by molar-refractivity contribution is 0.353. The number of aryl methyl sites for hydroxylation is 2. The minimum atomic E-state index is 0.377. The summed E-state index contributed by atoms with van der Waals surface area (Å²) < 4.78 is 5.68. The topological polar surface area (TPSA) is 59.6 Å². The van der Waals surface area contributed by atoms with E-state index in [-0.39, 0.29) is 0 Å². The van der Waals surface area contributed by atoms with Crippen molar-refractivity contribution in [3.05, 3.63) is 57.6 Å². The summed E-state index contributed by atoms with van der Waals surface area (Å²) >= 11 is 6.16. The number of anilines is 1. The van der Waals surface area contributed by atoms with Gasteiger partial charge in [-0.3, -0.25) is 0 Å². The summed E-state index contributed by atoms with van der Waals surface area (Å²) in [5, 5.41) is 3.84. The standard InChI is InChI=1S/C18H20ClN3O/c1-11-5-12(2)7-16(6-11)22-18(20)21-10-14-9-15(19)8-13-3-4-23-17(13)14/h5-9H,3-4,10H2,1-2H3,(H3,20,21,22). The Hall–Kier alpha value is -2.20. The molecule has 0 radical (unpaired) electrons. The van der Waals surface area contributed by atoms with Gasteiger partial charge in [0.25, 0.3) is 0 Å². The molecule has 2 aromatic rings. The Morgan fingerprint density at radius 1 is 1.22 bits per heavy atom. The number of nitrogens with one attached hydrogen (secondary N) is 1. The van der Waals surface area contributed by atoms with Crippen LogP contribution in [0.5, 0.6) is 5.75 Å². The number of aliphatic imine (C=N–C) groups is 1.